The third kappa shape index (κ3) is 3.40. The Morgan fingerprint density at radius 1 is 1.00 bits per heavy atom. The normalized spacial score (nSPS) is 15.5. The molecular formula is C18H19N3O2. The Morgan fingerprint density at radius 3 is 2.35 bits per heavy atom. The lowest BCUT2D eigenvalue weighted by molar-refractivity contribution is -0.126. The first kappa shape index (κ1) is 15.2. The molecule has 0 aliphatic carbocycles. The second-order valence-corrected chi connectivity index (χ2v) is 5.66. The molecular weight excluding hydrogens is 290 g/mol. The fraction of sp³-hybridized carbons (Fsp3) is 0.222. The molecule has 3 N–H and O–H groups in total. The number of hydrogen-bond acceptors (Lipinski definition) is 3. The molecule has 3 rings (SSSR count). The van der Waals surface area contributed by atoms with Gasteiger partial charge in [0.2, 0.25) is 5.91 Å². The number of carbonyl (C=O) groups excluding carboxylic acids is 2. The van der Waals surface area contributed by atoms with E-state index >= 15 is 0 Å². The zero-order valence-corrected chi connectivity index (χ0v) is 12.7. The van der Waals surface area contributed by atoms with Gasteiger partial charge in [0.1, 0.15) is 6.04 Å². The van der Waals surface area contributed by atoms with Crippen molar-refractivity contribution >= 4 is 11.9 Å². The zero-order valence-electron chi connectivity index (χ0n) is 12.7. The lowest BCUT2D eigenvalue weighted by atomic mass is 9.96. The fourth-order valence-electron chi connectivity index (χ4n) is 3.09. The molecule has 0 bridgehead atoms. The second-order valence-electron chi connectivity index (χ2n) is 5.66. The van der Waals surface area contributed by atoms with Gasteiger partial charge >= 0.3 is 6.03 Å². The van der Waals surface area contributed by atoms with E-state index in [4.69, 9.17) is 5.73 Å². The predicted molar refractivity (Wildman–Crippen MR) is 87.5 cm³/mol. The number of nitrogens with two attached hydrogens (primary N) is 1. The first-order valence-corrected chi connectivity index (χ1v) is 7.61. The molecule has 1 aliphatic heterocycles. The van der Waals surface area contributed by atoms with Crippen molar-refractivity contribution in [1.29, 1.82) is 0 Å². The van der Waals surface area contributed by atoms with Gasteiger partial charge in [-0.05, 0) is 23.1 Å². The van der Waals surface area contributed by atoms with Gasteiger partial charge in [-0.3, -0.25) is 15.0 Å². The van der Waals surface area contributed by atoms with E-state index in [1.165, 1.54) is 11.1 Å². The summed E-state index contributed by atoms with van der Waals surface area (Å²) in [7, 11) is 0. The molecule has 0 fully saturated rings. The summed E-state index contributed by atoms with van der Waals surface area (Å²) in [5, 5.41) is 2.22. The Kier molecular flexibility index (Phi) is 4.39. The summed E-state index contributed by atoms with van der Waals surface area (Å²) in [6, 6.07) is 16.3. The first-order valence-electron chi connectivity index (χ1n) is 7.61. The van der Waals surface area contributed by atoms with Gasteiger partial charge in [-0.1, -0.05) is 54.6 Å². The summed E-state index contributed by atoms with van der Waals surface area (Å²) in [4.78, 5) is 25.7. The highest BCUT2D eigenvalue weighted by atomic mass is 16.2. The van der Waals surface area contributed by atoms with Gasteiger partial charge in [-0.2, -0.15) is 0 Å². The third-order valence-corrected chi connectivity index (χ3v) is 4.14. The van der Waals surface area contributed by atoms with Gasteiger partial charge in [-0.25, -0.2) is 4.79 Å². The molecule has 0 spiro atoms. The molecule has 1 aliphatic rings. The number of imide groups is 1. The molecule has 2 aromatic rings. The molecule has 1 heterocycles. The van der Waals surface area contributed by atoms with E-state index in [2.05, 4.69) is 22.3 Å². The maximum atomic E-state index is 12.5. The van der Waals surface area contributed by atoms with E-state index in [1.807, 2.05) is 42.5 Å². The van der Waals surface area contributed by atoms with E-state index in [1.54, 1.807) is 0 Å². The number of benzene rings is 2. The number of hydrogen-bond donors (Lipinski definition) is 2. The summed E-state index contributed by atoms with van der Waals surface area (Å²) >= 11 is 0. The van der Waals surface area contributed by atoms with E-state index in [0.29, 0.717) is 6.54 Å². The number of nitrogens with one attached hydrogen (secondary N) is 1. The van der Waals surface area contributed by atoms with Crippen LogP contribution in [0.25, 0.3) is 0 Å². The monoisotopic (exact) mass is 309 g/mol. The van der Waals surface area contributed by atoms with Gasteiger partial charge in [-0.15, -0.1) is 0 Å². The van der Waals surface area contributed by atoms with E-state index in [0.717, 1.165) is 18.5 Å². The van der Waals surface area contributed by atoms with Gasteiger partial charge in [0.25, 0.3) is 0 Å². The minimum absolute atomic E-state index is 0.386. The lowest BCUT2D eigenvalue weighted by Gasteiger charge is -2.34. The molecule has 3 amide bonds. The molecule has 0 aromatic heterocycles. The highest BCUT2D eigenvalue weighted by molar-refractivity contribution is 5.96. The fourth-order valence-corrected chi connectivity index (χ4v) is 3.09. The van der Waals surface area contributed by atoms with Gasteiger partial charge in [0.15, 0.2) is 0 Å². The van der Waals surface area contributed by atoms with Crippen LogP contribution < -0.4 is 11.1 Å². The molecule has 23 heavy (non-hydrogen) atoms. The van der Waals surface area contributed by atoms with Gasteiger partial charge < -0.3 is 5.73 Å². The molecule has 5 nitrogen and oxygen atoms in total. The highest BCUT2D eigenvalue weighted by Gasteiger charge is 2.30. The van der Waals surface area contributed by atoms with Crippen molar-refractivity contribution in [2.75, 3.05) is 6.54 Å². The minimum Gasteiger partial charge on any atom is -0.351 e. The van der Waals surface area contributed by atoms with E-state index < -0.39 is 12.1 Å². The Hall–Kier alpha value is -2.66. The Morgan fingerprint density at radius 2 is 1.65 bits per heavy atom. The molecule has 1 unspecified atom stereocenters. The van der Waals surface area contributed by atoms with E-state index in [-0.39, 0.29) is 5.91 Å². The lowest BCUT2D eigenvalue weighted by Crippen LogP contribution is -2.46. The number of urea groups is 1. The van der Waals surface area contributed by atoms with Crippen molar-refractivity contribution < 1.29 is 9.59 Å². The number of primary amides is 1. The summed E-state index contributed by atoms with van der Waals surface area (Å²) in [5.74, 6) is -0.386. The molecule has 2 aromatic carbocycles. The average Bonchev–Trinajstić information content (AvgIpc) is 2.55. The molecule has 1 atom stereocenters. The largest absolute Gasteiger partial charge is 0.351 e. The quantitative estimate of drug-likeness (QED) is 0.910. The van der Waals surface area contributed by atoms with Crippen LogP contribution in [0.2, 0.25) is 0 Å². The number of carbonyl (C=O) groups is 2. The van der Waals surface area contributed by atoms with Crippen LogP contribution in [0.4, 0.5) is 4.79 Å². The zero-order chi connectivity index (χ0) is 16.2. The molecule has 0 saturated carbocycles. The van der Waals surface area contributed by atoms with Crippen molar-refractivity contribution in [2.45, 2.75) is 19.0 Å². The third-order valence-electron chi connectivity index (χ3n) is 4.14. The van der Waals surface area contributed by atoms with E-state index in [9.17, 15) is 9.59 Å². The second kappa shape index (κ2) is 6.62. The van der Waals surface area contributed by atoms with Crippen LogP contribution in [-0.2, 0) is 17.8 Å². The van der Waals surface area contributed by atoms with Crippen LogP contribution in [0.5, 0.6) is 0 Å². The number of fused-ring (bicyclic) bond motifs is 1. The Balaban J connectivity index is 1.90. The SMILES string of the molecule is NC(=O)NC(=O)C(c1ccccc1)N1CCc2ccccc2C1. The molecule has 0 saturated heterocycles. The minimum atomic E-state index is -0.826. The summed E-state index contributed by atoms with van der Waals surface area (Å²) in [6.07, 6.45) is 0.878. The van der Waals surface area contributed by atoms with Crippen molar-refractivity contribution in [3.8, 4) is 0 Å². The van der Waals surface area contributed by atoms with Crippen molar-refractivity contribution in [3.05, 3.63) is 71.3 Å². The van der Waals surface area contributed by atoms with Crippen LogP contribution >= 0.6 is 0 Å². The Bertz CT molecular complexity index is 715. The maximum absolute atomic E-state index is 12.5. The topological polar surface area (TPSA) is 75.4 Å². The van der Waals surface area contributed by atoms with Gasteiger partial charge in [0, 0.05) is 13.1 Å². The Labute approximate surface area is 135 Å². The molecule has 0 radical (unpaired) electrons. The van der Waals surface area contributed by atoms with Gasteiger partial charge in [0.05, 0.1) is 0 Å². The number of nitrogens with zero attached hydrogens (tertiary/aromatic N) is 1. The maximum Gasteiger partial charge on any atom is 0.318 e. The number of rotatable bonds is 3. The van der Waals surface area contributed by atoms with Crippen molar-refractivity contribution in [1.82, 2.24) is 10.2 Å². The van der Waals surface area contributed by atoms with Crippen LogP contribution in [0, 0.1) is 0 Å². The first-order chi connectivity index (χ1) is 11.1. The molecule has 5 heteroatoms. The average molecular weight is 309 g/mol. The van der Waals surface area contributed by atoms with Crippen molar-refractivity contribution in [2.24, 2.45) is 5.73 Å². The van der Waals surface area contributed by atoms with Crippen LogP contribution in [0.1, 0.15) is 22.7 Å². The summed E-state index contributed by atoms with van der Waals surface area (Å²) in [5.41, 5.74) is 8.50. The smallest absolute Gasteiger partial charge is 0.318 e. The van der Waals surface area contributed by atoms with Crippen LogP contribution in [-0.4, -0.2) is 23.4 Å². The van der Waals surface area contributed by atoms with Crippen LogP contribution in [0.3, 0.4) is 0 Å². The number of amides is 3. The summed E-state index contributed by atoms with van der Waals surface area (Å²) < 4.78 is 0. The summed E-state index contributed by atoms with van der Waals surface area (Å²) in [6.45, 7) is 1.42. The highest BCUT2D eigenvalue weighted by Crippen LogP contribution is 2.28. The predicted octanol–water partition coefficient (Wildman–Crippen LogP) is 1.98. The molecule has 118 valence electrons. The van der Waals surface area contributed by atoms with Crippen LogP contribution in [0.15, 0.2) is 54.6 Å². The van der Waals surface area contributed by atoms with Crippen molar-refractivity contribution in [3.63, 3.8) is 0 Å². The standard InChI is InChI=1S/C18H19N3O2/c19-18(23)20-17(22)16(14-7-2-1-3-8-14)21-11-10-13-6-4-5-9-15(13)12-21/h1-9,16H,10-12H2,(H3,19,20,22,23).